The Morgan fingerprint density at radius 3 is 2.15 bits per heavy atom. The van der Waals surface area contributed by atoms with Crippen molar-refractivity contribution in [2.45, 2.75) is 26.3 Å². The lowest BCUT2D eigenvalue weighted by molar-refractivity contribution is -0.386. The lowest BCUT2D eigenvalue weighted by Gasteiger charge is -2.36. The number of hydrogen-bond donors (Lipinski definition) is 1. The van der Waals surface area contributed by atoms with E-state index in [-0.39, 0.29) is 41.5 Å². The van der Waals surface area contributed by atoms with E-state index in [4.69, 9.17) is 9.47 Å². The molecule has 1 fully saturated rings. The van der Waals surface area contributed by atoms with Crippen LogP contribution in [0.2, 0.25) is 0 Å². The second-order valence-corrected chi connectivity index (χ2v) is 6.45. The molecule has 1 aliphatic heterocycles. The molecule has 1 N–H and O–H groups in total. The van der Waals surface area contributed by atoms with Gasteiger partial charge >= 0.3 is 0 Å². The van der Waals surface area contributed by atoms with E-state index in [1.807, 2.05) is 0 Å². The van der Waals surface area contributed by atoms with E-state index in [1.165, 1.54) is 13.2 Å². The smallest absolute Gasteiger partial charge is 0.278 e. The van der Waals surface area contributed by atoms with Crippen molar-refractivity contribution in [2.75, 3.05) is 40.4 Å². The van der Waals surface area contributed by atoms with Crippen LogP contribution in [0.3, 0.4) is 0 Å². The third-order valence-electron chi connectivity index (χ3n) is 4.38. The van der Waals surface area contributed by atoms with Crippen LogP contribution in [0, 0.1) is 16.0 Å². The van der Waals surface area contributed by atoms with Gasteiger partial charge in [-0.05, 0) is 18.4 Å². The molecule has 2 rings (SSSR count). The van der Waals surface area contributed by atoms with Crippen LogP contribution in [-0.2, 0) is 0 Å². The number of hydrogen-bond acceptors (Lipinski definition) is 6. The first kappa shape index (κ1) is 24.7. The molecule has 1 saturated heterocycles. The number of nitro groups is 1. The molecule has 1 atom stereocenters. The molecule has 0 amide bonds. The molecule has 0 bridgehead atoms. The quantitative estimate of drug-likeness (QED) is 0.548. The number of ether oxygens (including phenoxy) is 2. The Bertz CT molecular complexity index is 581. The first-order valence-electron chi connectivity index (χ1n) is 8.33. The number of rotatable bonds is 7. The zero-order valence-electron chi connectivity index (χ0n) is 15.7. The summed E-state index contributed by atoms with van der Waals surface area (Å²) in [5.74, 6) is 1.34. The van der Waals surface area contributed by atoms with Crippen LogP contribution < -0.4 is 14.8 Å². The Hall–Kier alpha value is -1.28. The first-order chi connectivity index (χ1) is 11.5. The van der Waals surface area contributed by atoms with Gasteiger partial charge < -0.3 is 14.8 Å². The Kier molecular flexibility index (Phi) is 10.9. The van der Waals surface area contributed by atoms with E-state index in [1.54, 1.807) is 13.2 Å². The van der Waals surface area contributed by atoms with Crippen LogP contribution in [-0.4, -0.2) is 50.2 Å². The fourth-order valence-electron chi connectivity index (χ4n) is 3.22. The highest BCUT2D eigenvalue weighted by atomic mass is 35.5. The Morgan fingerprint density at radius 2 is 1.69 bits per heavy atom. The predicted octanol–water partition coefficient (Wildman–Crippen LogP) is 3.45. The maximum Gasteiger partial charge on any atom is 0.278 e. The van der Waals surface area contributed by atoms with Gasteiger partial charge in [0.15, 0.2) is 11.5 Å². The molecule has 0 aliphatic carbocycles. The molecule has 0 spiro atoms. The highest BCUT2D eigenvalue weighted by Gasteiger charge is 2.31. The van der Waals surface area contributed by atoms with Crippen molar-refractivity contribution in [3.05, 3.63) is 27.8 Å². The second-order valence-electron chi connectivity index (χ2n) is 6.45. The molecule has 1 aliphatic rings. The average molecular weight is 410 g/mol. The van der Waals surface area contributed by atoms with Crippen molar-refractivity contribution in [1.82, 2.24) is 10.2 Å². The molecule has 1 heterocycles. The molecule has 7 nitrogen and oxygen atoms in total. The van der Waals surface area contributed by atoms with Crippen molar-refractivity contribution in [3.63, 3.8) is 0 Å². The second kappa shape index (κ2) is 11.4. The van der Waals surface area contributed by atoms with Gasteiger partial charge in [0.25, 0.3) is 5.69 Å². The number of nitro benzene ring substituents is 1. The zero-order chi connectivity index (χ0) is 17.7. The highest BCUT2D eigenvalue weighted by molar-refractivity contribution is 5.85. The average Bonchev–Trinajstić information content (AvgIpc) is 2.59. The van der Waals surface area contributed by atoms with Crippen molar-refractivity contribution >= 4 is 30.5 Å². The van der Waals surface area contributed by atoms with E-state index >= 15 is 0 Å². The molecule has 0 unspecified atom stereocenters. The Balaban J connectivity index is 0.00000312. The molecule has 0 saturated carbocycles. The molecular formula is C17H29Cl2N3O4. The van der Waals surface area contributed by atoms with Gasteiger partial charge in [0.05, 0.1) is 30.8 Å². The van der Waals surface area contributed by atoms with Crippen LogP contribution >= 0.6 is 24.8 Å². The van der Waals surface area contributed by atoms with Crippen LogP contribution in [0.15, 0.2) is 12.1 Å². The van der Waals surface area contributed by atoms with E-state index < -0.39 is 0 Å². The summed E-state index contributed by atoms with van der Waals surface area (Å²) in [4.78, 5) is 13.6. The lowest BCUT2D eigenvalue weighted by Crippen LogP contribution is -2.45. The fourth-order valence-corrected chi connectivity index (χ4v) is 3.22. The summed E-state index contributed by atoms with van der Waals surface area (Å²) in [5.41, 5.74) is 0.796. The number of nitrogens with one attached hydrogen (secondary N) is 1. The van der Waals surface area contributed by atoms with Gasteiger partial charge in [0, 0.05) is 32.2 Å². The standard InChI is InChI=1S/C17H27N3O4.2ClH/c1-12(2)9-14(19-7-5-18-6-8-19)13-10-16(23-3)17(24-4)11-15(13)20(21)22;;/h10-12,14,18H,5-9H2,1-4H3;2*1H/t14-;;/m0../s1. The Labute approximate surface area is 167 Å². The molecule has 1 aromatic carbocycles. The molecule has 1 aromatic rings. The highest BCUT2D eigenvalue weighted by Crippen LogP contribution is 2.41. The summed E-state index contributed by atoms with van der Waals surface area (Å²) in [6.45, 7) is 7.83. The molecule has 150 valence electrons. The summed E-state index contributed by atoms with van der Waals surface area (Å²) >= 11 is 0. The number of benzene rings is 1. The van der Waals surface area contributed by atoms with Crippen molar-refractivity contribution in [2.24, 2.45) is 5.92 Å². The van der Waals surface area contributed by atoms with Crippen LogP contribution in [0.5, 0.6) is 11.5 Å². The van der Waals surface area contributed by atoms with E-state index in [2.05, 4.69) is 24.1 Å². The van der Waals surface area contributed by atoms with Gasteiger partial charge in [-0.1, -0.05) is 13.8 Å². The van der Waals surface area contributed by atoms with Gasteiger partial charge in [-0.15, -0.1) is 24.8 Å². The number of piperazine rings is 1. The minimum Gasteiger partial charge on any atom is -0.493 e. The minimum absolute atomic E-state index is 0. The summed E-state index contributed by atoms with van der Waals surface area (Å²) in [5, 5.41) is 15.0. The maximum atomic E-state index is 11.6. The van der Waals surface area contributed by atoms with Crippen LogP contribution in [0.4, 0.5) is 5.69 Å². The lowest BCUT2D eigenvalue weighted by atomic mass is 9.93. The van der Waals surface area contributed by atoms with Crippen molar-refractivity contribution in [3.8, 4) is 11.5 Å². The largest absolute Gasteiger partial charge is 0.493 e. The molecular weight excluding hydrogens is 381 g/mol. The predicted molar refractivity (Wildman–Crippen MR) is 107 cm³/mol. The molecule has 26 heavy (non-hydrogen) atoms. The van der Waals surface area contributed by atoms with Gasteiger partial charge in [-0.3, -0.25) is 15.0 Å². The topological polar surface area (TPSA) is 76.9 Å². The van der Waals surface area contributed by atoms with Crippen LogP contribution in [0.25, 0.3) is 0 Å². The monoisotopic (exact) mass is 409 g/mol. The van der Waals surface area contributed by atoms with Gasteiger partial charge in [0.1, 0.15) is 0 Å². The van der Waals surface area contributed by atoms with Gasteiger partial charge in [-0.2, -0.15) is 0 Å². The van der Waals surface area contributed by atoms with Gasteiger partial charge in [-0.25, -0.2) is 0 Å². The van der Waals surface area contributed by atoms with E-state index in [0.717, 1.165) is 32.6 Å². The van der Waals surface area contributed by atoms with E-state index in [0.29, 0.717) is 23.0 Å². The third-order valence-corrected chi connectivity index (χ3v) is 4.38. The maximum absolute atomic E-state index is 11.6. The molecule has 0 radical (unpaired) electrons. The minimum atomic E-state index is -0.327. The summed E-state index contributed by atoms with van der Waals surface area (Å²) in [6, 6.07) is 3.24. The van der Waals surface area contributed by atoms with E-state index in [9.17, 15) is 10.1 Å². The Morgan fingerprint density at radius 1 is 1.15 bits per heavy atom. The molecule has 0 aromatic heterocycles. The number of halogens is 2. The van der Waals surface area contributed by atoms with Crippen molar-refractivity contribution in [1.29, 1.82) is 0 Å². The fraction of sp³-hybridized carbons (Fsp3) is 0.647. The number of methoxy groups -OCH3 is 2. The molecule has 9 heteroatoms. The summed E-state index contributed by atoms with van der Waals surface area (Å²) in [7, 11) is 3.04. The zero-order valence-corrected chi connectivity index (χ0v) is 17.3. The third kappa shape index (κ3) is 5.87. The SMILES string of the molecule is COc1cc([C@H](CC(C)C)N2CCNCC2)c([N+](=O)[O-])cc1OC.Cl.Cl. The summed E-state index contributed by atoms with van der Waals surface area (Å²) in [6.07, 6.45) is 0.857. The van der Waals surface area contributed by atoms with Crippen molar-refractivity contribution < 1.29 is 14.4 Å². The number of nitrogens with zero attached hydrogens (tertiary/aromatic N) is 2. The van der Waals surface area contributed by atoms with Gasteiger partial charge in [0.2, 0.25) is 0 Å². The normalized spacial score (nSPS) is 15.6. The summed E-state index contributed by atoms with van der Waals surface area (Å²) < 4.78 is 10.6. The van der Waals surface area contributed by atoms with Crippen LogP contribution in [0.1, 0.15) is 31.9 Å². The first-order valence-corrected chi connectivity index (χ1v) is 8.33.